The lowest BCUT2D eigenvalue weighted by Gasteiger charge is -2.32. The minimum absolute atomic E-state index is 0.235. The number of likely N-dealkylation sites (tertiary alicyclic amines) is 1. The number of phenols is 1. The summed E-state index contributed by atoms with van der Waals surface area (Å²) in [4.78, 5) is 7.10. The second-order valence-corrected chi connectivity index (χ2v) is 8.88. The Hall–Kier alpha value is -2.38. The van der Waals surface area contributed by atoms with Gasteiger partial charge in [0.2, 0.25) is 0 Å². The highest BCUT2D eigenvalue weighted by molar-refractivity contribution is 7.22. The van der Waals surface area contributed by atoms with Crippen molar-refractivity contribution >= 4 is 26.7 Å². The lowest BCUT2D eigenvalue weighted by molar-refractivity contribution is 0.182. The summed E-state index contributed by atoms with van der Waals surface area (Å²) >= 11 is 1.64. The fourth-order valence-corrected chi connectivity index (χ4v) is 4.65. The van der Waals surface area contributed by atoms with Gasteiger partial charge in [0.05, 0.1) is 16.8 Å². The van der Waals surface area contributed by atoms with Crippen molar-refractivity contribution in [3.63, 3.8) is 0 Å². The summed E-state index contributed by atoms with van der Waals surface area (Å²) in [7, 11) is 0. The molecule has 1 fully saturated rings. The van der Waals surface area contributed by atoms with Crippen LogP contribution >= 0.6 is 11.3 Å². The molecule has 0 spiro atoms. The van der Waals surface area contributed by atoms with E-state index in [4.69, 9.17) is 4.74 Å². The molecule has 0 bridgehead atoms. The van der Waals surface area contributed by atoms with Crippen LogP contribution in [0.3, 0.4) is 0 Å². The van der Waals surface area contributed by atoms with Gasteiger partial charge in [-0.1, -0.05) is 11.3 Å². The molecule has 2 heterocycles. The lowest BCUT2D eigenvalue weighted by atomic mass is 9.97. The smallest absolute Gasteiger partial charge is 0.183 e. The number of nitrogens with one attached hydrogen (secondary N) is 1. The zero-order valence-corrected chi connectivity index (χ0v) is 17.8. The van der Waals surface area contributed by atoms with Crippen molar-refractivity contribution in [2.24, 2.45) is 5.92 Å². The molecule has 1 aromatic heterocycles. The van der Waals surface area contributed by atoms with Crippen LogP contribution in [0.5, 0.6) is 11.5 Å². The zero-order chi connectivity index (χ0) is 20.8. The van der Waals surface area contributed by atoms with Crippen molar-refractivity contribution in [2.75, 3.05) is 38.1 Å². The summed E-state index contributed by atoms with van der Waals surface area (Å²) in [6.07, 6.45) is 4.52. The predicted molar refractivity (Wildman–Crippen MR) is 120 cm³/mol. The number of aromatic hydroxyl groups is 1. The SMILES string of the molecule is Oc1ccc2sc(NCC3CCN(CCCCOc4ccc(F)cc4)CC3)nc2c1. The number of anilines is 1. The van der Waals surface area contributed by atoms with E-state index in [-0.39, 0.29) is 11.6 Å². The van der Waals surface area contributed by atoms with Crippen molar-refractivity contribution < 1.29 is 14.2 Å². The first-order valence-electron chi connectivity index (χ1n) is 10.6. The van der Waals surface area contributed by atoms with Crippen LogP contribution in [0.1, 0.15) is 25.7 Å². The van der Waals surface area contributed by atoms with Crippen molar-refractivity contribution in [2.45, 2.75) is 25.7 Å². The van der Waals surface area contributed by atoms with E-state index < -0.39 is 0 Å². The molecule has 0 atom stereocenters. The van der Waals surface area contributed by atoms with Gasteiger partial charge in [0.15, 0.2) is 5.13 Å². The number of phenolic OH excluding ortho intramolecular Hbond substituents is 1. The maximum atomic E-state index is 12.9. The highest BCUT2D eigenvalue weighted by Gasteiger charge is 2.19. The van der Waals surface area contributed by atoms with Crippen molar-refractivity contribution in [3.05, 3.63) is 48.3 Å². The fourth-order valence-electron chi connectivity index (χ4n) is 3.80. The van der Waals surface area contributed by atoms with Gasteiger partial charge in [-0.05, 0) is 87.6 Å². The Morgan fingerprint density at radius 1 is 1.13 bits per heavy atom. The van der Waals surface area contributed by atoms with Gasteiger partial charge in [-0.3, -0.25) is 0 Å². The largest absolute Gasteiger partial charge is 0.508 e. The quantitative estimate of drug-likeness (QED) is 0.462. The Balaban J connectivity index is 1.10. The molecule has 0 saturated carbocycles. The van der Waals surface area contributed by atoms with E-state index in [0.717, 1.165) is 60.1 Å². The van der Waals surface area contributed by atoms with E-state index in [1.54, 1.807) is 35.6 Å². The lowest BCUT2D eigenvalue weighted by Crippen LogP contribution is -2.36. The average molecular weight is 430 g/mol. The highest BCUT2D eigenvalue weighted by Crippen LogP contribution is 2.29. The molecule has 2 aromatic carbocycles. The van der Waals surface area contributed by atoms with E-state index in [9.17, 15) is 9.50 Å². The molecule has 30 heavy (non-hydrogen) atoms. The first kappa shape index (κ1) is 20.9. The molecule has 1 aliphatic heterocycles. The number of ether oxygens (including phenoxy) is 1. The predicted octanol–water partition coefficient (Wildman–Crippen LogP) is 5.12. The van der Waals surface area contributed by atoms with Gasteiger partial charge in [0.25, 0.3) is 0 Å². The van der Waals surface area contributed by atoms with E-state index in [1.807, 2.05) is 6.07 Å². The van der Waals surface area contributed by atoms with Crippen LogP contribution in [-0.2, 0) is 0 Å². The van der Waals surface area contributed by atoms with Crippen molar-refractivity contribution in [1.29, 1.82) is 0 Å². The number of benzene rings is 2. The van der Waals surface area contributed by atoms with Crippen LogP contribution in [0.15, 0.2) is 42.5 Å². The summed E-state index contributed by atoms with van der Waals surface area (Å²) in [5, 5.41) is 14.0. The molecule has 0 unspecified atom stereocenters. The number of halogens is 1. The third-order valence-corrected chi connectivity index (χ3v) is 6.57. The molecule has 3 aromatic rings. The van der Waals surface area contributed by atoms with Gasteiger partial charge in [0, 0.05) is 12.6 Å². The first-order valence-corrected chi connectivity index (χ1v) is 11.4. The van der Waals surface area contributed by atoms with Crippen LogP contribution in [0.4, 0.5) is 9.52 Å². The van der Waals surface area contributed by atoms with Crippen LogP contribution in [0.2, 0.25) is 0 Å². The number of rotatable bonds is 9. The Bertz CT molecular complexity index is 939. The maximum absolute atomic E-state index is 12.9. The molecular weight excluding hydrogens is 401 g/mol. The number of nitrogens with zero attached hydrogens (tertiary/aromatic N) is 2. The standard InChI is InChI=1S/C23H28FN3O2S/c24-18-3-6-20(7-4-18)29-14-2-1-11-27-12-9-17(10-13-27)16-25-23-26-21-15-19(28)5-8-22(21)30-23/h3-8,15,17,28H,1-2,9-14,16H2,(H,25,26). The van der Waals surface area contributed by atoms with Crippen molar-refractivity contribution in [1.82, 2.24) is 9.88 Å². The number of hydrogen-bond donors (Lipinski definition) is 2. The highest BCUT2D eigenvalue weighted by atomic mass is 32.1. The zero-order valence-electron chi connectivity index (χ0n) is 17.0. The van der Waals surface area contributed by atoms with Gasteiger partial charge in [-0.2, -0.15) is 0 Å². The minimum Gasteiger partial charge on any atom is -0.508 e. The molecule has 0 radical (unpaired) electrons. The van der Waals surface area contributed by atoms with Gasteiger partial charge in [0.1, 0.15) is 17.3 Å². The molecule has 0 aliphatic carbocycles. The topological polar surface area (TPSA) is 57.6 Å². The van der Waals surface area contributed by atoms with Gasteiger partial charge >= 0.3 is 0 Å². The first-order chi connectivity index (χ1) is 14.7. The molecule has 5 nitrogen and oxygen atoms in total. The molecule has 0 amide bonds. The summed E-state index contributed by atoms with van der Waals surface area (Å²) in [5.41, 5.74) is 0.848. The molecule has 1 saturated heterocycles. The second kappa shape index (κ2) is 10.1. The summed E-state index contributed by atoms with van der Waals surface area (Å²) in [6, 6.07) is 11.5. The molecule has 160 valence electrons. The van der Waals surface area contributed by atoms with Crippen LogP contribution < -0.4 is 10.1 Å². The van der Waals surface area contributed by atoms with Gasteiger partial charge < -0.3 is 20.1 Å². The minimum atomic E-state index is -0.235. The summed E-state index contributed by atoms with van der Waals surface area (Å²) in [6.45, 7) is 5.00. The van der Waals surface area contributed by atoms with Crippen molar-refractivity contribution in [3.8, 4) is 11.5 Å². The molecular formula is C23H28FN3O2S. The van der Waals surface area contributed by atoms with Crippen LogP contribution in [0, 0.1) is 11.7 Å². The number of piperidine rings is 1. The van der Waals surface area contributed by atoms with Gasteiger partial charge in [-0.25, -0.2) is 9.37 Å². The monoisotopic (exact) mass is 429 g/mol. The molecule has 4 rings (SSSR count). The number of thiazole rings is 1. The van der Waals surface area contributed by atoms with Gasteiger partial charge in [-0.15, -0.1) is 0 Å². The Morgan fingerprint density at radius 2 is 1.93 bits per heavy atom. The maximum Gasteiger partial charge on any atom is 0.183 e. The third kappa shape index (κ3) is 5.83. The number of fused-ring (bicyclic) bond motifs is 1. The normalized spacial score (nSPS) is 15.5. The molecule has 7 heteroatoms. The fraction of sp³-hybridized carbons (Fsp3) is 0.435. The average Bonchev–Trinajstić information content (AvgIpc) is 3.16. The number of hydrogen-bond acceptors (Lipinski definition) is 6. The third-order valence-electron chi connectivity index (χ3n) is 5.57. The molecule has 1 aliphatic rings. The Kier molecular flexibility index (Phi) is 7.02. The second-order valence-electron chi connectivity index (χ2n) is 7.85. The Labute approximate surface area is 180 Å². The van der Waals surface area contributed by atoms with E-state index >= 15 is 0 Å². The van der Waals surface area contributed by atoms with E-state index in [0.29, 0.717) is 12.5 Å². The Morgan fingerprint density at radius 3 is 2.73 bits per heavy atom. The summed E-state index contributed by atoms with van der Waals surface area (Å²) in [5.74, 6) is 1.42. The number of aromatic nitrogens is 1. The number of unbranched alkanes of at least 4 members (excludes halogenated alkanes) is 1. The van der Waals surface area contributed by atoms with E-state index in [2.05, 4.69) is 15.2 Å². The van der Waals surface area contributed by atoms with E-state index in [1.165, 1.54) is 25.0 Å². The van der Waals surface area contributed by atoms with Crippen LogP contribution in [-0.4, -0.2) is 47.8 Å². The molecule has 2 N–H and O–H groups in total. The van der Waals surface area contributed by atoms with Crippen LogP contribution in [0.25, 0.3) is 10.2 Å². The summed E-state index contributed by atoms with van der Waals surface area (Å²) < 4.78 is 19.6.